The van der Waals surface area contributed by atoms with Crippen molar-refractivity contribution in [2.45, 2.75) is 104 Å². The number of guanidine groups is 1. The number of nitrogens with two attached hydrogens (primary N) is 3. The molecule has 1 aliphatic heterocycles. The van der Waals surface area contributed by atoms with Crippen molar-refractivity contribution in [3.8, 4) is 0 Å². The average molecular weight is 396 g/mol. The number of hydrazine groups is 3. The van der Waals surface area contributed by atoms with Crippen LogP contribution in [-0.2, 0) is 0 Å². The lowest BCUT2D eigenvalue weighted by Gasteiger charge is -2.35. The molecule has 6 N–H and O–H groups in total. The fraction of sp³-hybridized carbons (Fsp3) is 0.857. The first-order chi connectivity index (χ1) is 13.5. The maximum atomic E-state index is 6.31. The molecule has 0 aromatic rings. The molecule has 164 valence electrons. The lowest BCUT2D eigenvalue weighted by molar-refractivity contribution is 0.122. The topological polar surface area (TPSA) is 100 Å². The zero-order valence-corrected chi connectivity index (χ0v) is 18.9. The van der Waals surface area contributed by atoms with Crippen molar-refractivity contribution in [2.24, 2.45) is 28.4 Å². The Morgan fingerprint density at radius 1 is 0.964 bits per heavy atom. The minimum atomic E-state index is 0.266. The second-order valence-corrected chi connectivity index (χ2v) is 7.71. The Morgan fingerprint density at radius 2 is 1.43 bits per heavy atom. The largest absolute Gasteiger partial charge is 0.274 e. The van der Waals surface area contributed by atoms with Crippen LogP contribution < -0.4 is 17.5 Å². The number of rotatable bonds is 4. The third-order valence-corrected chi connectivity index (χ3v) is 5.99. The molecule has 0 aromatic carbocycles. The zero-order valence-electron chi connectivity index (χ0n) is 18.9. The highest BCUT2D eigenvalue weighted by Crippen LogP contribution is 2.31. The molecule has 1 saturated heterocycles. The highest BCUT2D eigenvalue weighted by molar-refractivity contribution is 5.83. The third-order valence-electron chi connectivity index (χ3n) is 5.99. The number of nitrogens with zero attached hydrogens (tertiary/aromatic N) is 4. The van der Waals surface area contributed by atoms with E-state index in [1.807, 2.05) is 32.7 Å². The van der Waals surface area contributed by atoms with Crippen LogP contribution in [-0.4, -0.2) is 45.7 Å². The summed E-state index contributed by atoms with van der Waals surface area (Å²) in [5, 5.41) is 5.37. The summed E-state index contributed by atoms with van der Waals surface area (Å²) in [7, 11) is 0. The van der Waals surface area contributed by atoms with Crippen LogP contribution in [0.1, 0.15) is 86.0 Å². The van der Waals surface area contributed by atoms with Crippen molar-refractivity contribution in [3.05, 3.63) is 12.3 Å². The predicted octanol–water partition coefficient (Wildman–Crippen LogP) is 3.34. The number of hydrogen-bond acceptors (Lipinski definition) is 5. The van der Waals surface area contributed by atoms with E-state index in [4.69, 9.17) is 17.5 Å². The van der Waals surface area contributed by atoms with Gasteiger partial charge in [-0.25, -0.2) is 21.7 Å². The van der Waals surface area contributed by atoms with Gasteiger partial charge in [-0.05, 0) is 31.6 Å². The van der Waals surface area contributed by atoms with Gasteiger partial charge >= 0.3 is 0 Å². The minimum absolute atomic E-state index is 0.266. The lowest BCUT2D eigenvalue weighted by Crippen LogP contribution is -2.47. The summed E-state index contributed by atoms with van der Waals surface area (Å²) in [4.78, 5) is 4.62. The zero-order chi connectivity index (χ0) is 21.3. The molecule has 7 heteroatoms. The molecular weight excluding hydrogens is 350 g/mol. The van der Waals surface area contributed by atoms with Crippen LogP contribution in [0.3, 0.4) is 0 Å². The molecule has 3 fully saturated rings. The van der Waals surface area contributed by atoms with Gasteiger partial charge in [0.25, 0.3) is 0 Å². The van der Waals surface area contributed by atoms with E-state index >= 15 is 0 Å². The van der Waals surface area contributed by atoms with Gasteiger partial charge in [-0.15, -0.1) is 0 Å². The van der Waals surface area contributed by atoms with Gasteiger partial charge in [-0.2, -0.15) is 0 Å². The number of fused-ring (bicyclic) bond motifs is 1. The van der Waals surface area contributed by atoms with E-state index in [9.17, 15) is 0 Å². The van der Waals surface area contributed by atoms with E-state index in [1.54, 1.807) is 10.0 Å². The third kappa shape index (κ3) is 5.92. The highest BCUT2D eigenvalue weighted by atomic mass is 15.7. The van der Waals surface area contributed by atoms with Crippen LogP contribution in [0.5, 0.6) is 0 Å². The standard InChI is InChI=1S/C17H33N7.2C2H6/c1-12-7-3-4-8-14(12)22(18)11-13(2)21-17-23(19)15-9-5-6-10-16(15)24(17)20;2*1-2/h12,14-16H,2-11,18-20H2,1H3;2*1-2H3/t12-,14?,15-,16?;;/m0../s1. The first-order valence-corrected chi connectivity index (χ1v) is 11.3. The van der Waals surface area contributed by atoms with Crippen molar-refractivity contribution in [2.75, 3.05) is 6.54 Å². The Balaban J connectivity index is 0.000000921. The van der Waals surface area contributed by atoms with Crippen LogP contribution in [0.25, 0.3) is 0 Å². The van der Waals surface area contributed by atoms with Crippen molar-refractivity contribution < 1.29 is 0 Å². The van der Waals surface area contributed by atoms with E-state index in [-0.39, 0.29) is 12.1 Å². The SMILES string of the molecule is C=C(CN(N)C1CCCC[C@@H]1C)N=C1N(N)C2CCCC[C@@H]2N1N.CC.CC. The highest BCUT2D eigenvalue weighted by Gasteiger charge is 2.43. The van der Waals surface area contributed by atoms with Crippen molar-refractivity contribution >= 4 is 5.96 Å². The van der Waals surface area contributed by atoms with Gasteiger partial charge in [0.2, 0.25) is 5.96 Å². The normalized spacial score (nSPS) is 31.0. The molecule has 0 aromatic heterocycles. The summed E-state index contributed by atoms with van der Waals surface area (Å²) in [6, 6.07) is 0.940. The Kier molecular flexibility index (Phi) is 11.0. The van der Waals surface area contributed by atoms with Gasteiger partial charge in [0.1, 0.15) is 0 Å². The van der Waals surface area contributed by atoms with E-state index in [0.717, 1.165) is 25.0 Å². The number of hydrogen-bond donors (Lipinski definition) is 3. The molecule has 1 heterocycles. The summed E-state index contributed by atoms with van der Waals surface area (Å²) in [6.07, 6.45) is 9.50. The molecule has 0 bridgehead atoms. The first kappa shape index (κ1) is 24.9. The van der Waals surface area contributed by atoms with Crippen LogP contribution >= 0.6 is 0 Å². The molecule has 7 nitrogen and oxygen atoms in total. The molecule has 2 aliphatic carbocycles. The molecule has 4 atom stereocenters. The minimum Gasteiger partial charge on any atom is -0.274 e. The summed E-state index contributed by atoms with van der Waals surface area (Å²) in [6.45, 7) is 14.9. The van der Waals surface area contributed by atoms with Crippen LogP contribution in [0.2, 0.25) is 0 Å². The Labute approximate surface area is 172 Å². The van der Waals surface area contributed by atoms with Crippen LogP contribution in [0, 0.1) is 5.92 Å². The van der Waals surface area contributed by atoms with Gasteiger partial charge in [-0.1, -0.05) is 66.9 Å². The van der Waals surface area contributed by atoms with E-state index in [2.05, 4.69) is 18.5 Å². The summed E-state index contributed by atoms with van der Waals surface area (Å²) in [5.41, 5.74) is 0.717. The maximum absolute atomic E-state index is 6.31. The van der Waals surface area contributed by atoms with Gasteiger partial charge in [0, 0.05) is 6.04 Å². The van der Waals surface area contributed by atoms with Crippen LogP contribution in [0.15, 0.2) is 17.3 Å². The molecule has 3 aliphatic rings. The summed E-state index contributed by atoms with van der Waals surface area (Å²) < 4.78 is 0. The van der Waals surface area contributed by atoms with Gasteiger partial charge in [-0.3, -0.25) is 15.9 Å². The monoisotopic (exact) mass is 395 g/mol. The Hall–Kier alpha value is -1.15. The Bertz CT molecular complexity index is 473. The van der Waals surface area contributed by atoms with Crippen molar-refractivity contribution in [1.82, 2.24) is 15.0 Å². The second-order valence-electron chi connectivity index (χ2n) is 7.71. The molecule has 2 saturated carbocycles. The smallest absolute Gasteiger partial charge is 0.231 e. The molecule has 2 unspecified atom stereocenters. The van der Waals surface area contributed by atoms with E-state index < -0.39 is 0 Å². The fourth-order valence-corrected chi connectivity index (χ4v) is 4.58. The lowest BCUT2D eigenvalue weighted by atomic mass is 9.85. The Morgan fingerprint density at radius 3 is 1.93 bits per heavy atom. The van der Waals surface area contributed by atoms with Gasteiger partial charge in [0.15, 0.2) is 0 Å². The maximum Gasteiger partial charge on any atom is 0.231 e. The fourth-order valence-electron chi connectivity index (χ4n) is 4.58. The second kappa shape index (κ2) is 12.4. The molecular formula is C21H45N7. The van der Waals surface area contributed by atoms with E-state index in [1.165, 1.54) is 32.1 Å². The number of aliphatic imine (C=N–C) groups is 1. The molecule has 3 rings (SSSR count). The average Bonchev–Trinajstić information content (AvgIpc) is 2.96. The van der Waals surface area contributed by atoms with Gasteiger partial charge < -0.3 is 0 Å². The molecule has 0 radical (unpaired) electrons. The molecule has 0 spiro atoms. The quantitative estimate of drug-likeness (QED) is 0.499. The molecule has 28 heavy (non-hydrogen) atoms. The summed E-state index contributed by atoms with van der Waals surface area (Å²) in [5.74, 6) is 20.1. The van der Waals surface area contributed by atoms with Gasteiger partial charge in [0.05, 0.1) is 24.3 Å². The van der Waals surface area contributed by atoms with Crippen molar-refractivity contribution in [3.63, 3.8) is 0 Å². The van der Waals surface area contributed by atoms with Crippen LogP contribution in [0.4, 0.5) is 0 Å². The van der Waals surface area contributed by atoms with E-state index in [0.29, 0.717) is 24.5 Å². The van der Waals surface area contributed by atoms with Crippen molar-refractivity contribution in [1.29, 1.82) is 0 Å². The summed E-state index contributed by atoms with van der Waals surface area (Å²) >= 11 is 0. The first-order valence-electron chi connectivity index (χ1n) is 11.3. The molecule has 0 amide bonds. The predicted molar refractivity (Wildman–Crippen MR) is 120 cm³/mol.